The van der Waals surface area contributed by atoms with Crippen molar-refractivity contribution in [1.29, 1.82) is 5.26 Å². The summed E-state index contributed by atoms with van der Waals surface area (Å²) in [5.74, 6) is 0. The maximum atomic E-state index is 8.77. The molecule has 2 nitrogen and oxygen atoms in total. The number of nitrogens with zero attached hydrogens (tertiary/aromatic N) is 1. The van der Waals surface area contributed by atoms with E-state index >= 15 is 0 Å². The minimum atomic E-state index is 0.400. The monoisotopic (exact) mass is 248 g/mol. The maximum absolute atomic E-state index is 8.77. The predicted molar refractivity (Wildman–Crippen MR) is 71.2 cm³/mol. The van der Waals surface area contributed by atoms with Gasteiger partial charge in [0.25, 0.3) is 0 Å². The molecule has 0 spiro atoms. The molecule has 1 aromatic carbocycles. The fourth-order valence-electron chi connectivity index (χ4n) is 2.44. The molecule has 1 N–H and O–H groups in total. The van der Waals surface area contributed by atoms with Crippen LogP contribution in [-0.4, -0.2) is 6.54 Å². The van der Waals surface area contributed by atoms with E-state index in [1.807, 2.05) is 6.07 Å². The first-order valence-corrected chi connectivity index (χ1v) is 6.44. The zero-order valence-corrected chi connectivity index (χ0v) is 10.8. The Morgan fingerprint density at radius 3 is 2.71 bits per heavy atom. The summed E-state index contributed by atoms with van der Waals surface area (Å²) in [6.45, 7) is 3.28. The Morgan fingerprint density at radius 2 is 2.12 bits per heavy atom. The van der Waals surface area contributed by atoms with Gasteiger partial charge in [-0.15, -0.1) is 0 Å². The summed E-state index contributed by atoms with van der Waals surface area (Å²) >= 11 is 6.13. The zero-order valence-electron chi connectivity index (χ0n) is 10.1. The highest BCUT2D eigenvalue weighted by Gasteiger charge is 2.28. The van der Waals surface area contributed by atoms with Gasteiger partial charge in [0.2, 0.25) is 0 Å². The Bertz CT molecular complexity index is 442. The zero-order chi connectivity index (χ0) is 12.3. The molecule has 0 bridgehead atoms. The molecule has 1 aromatic rings. The van der Waals surface area contributed by atoms with Gasteiger partial charge in [-0.25, -0.2) is 0 Å². The highest BCUT2D eigenvalue weighted by molar-refractivity contribution is 6.33. The Hall–Kier alpha value is -1.20. The van der Waals surface area contributed by atoms with E-state index in [1.165, 1.54) is 25.7 Å². The van der Waals surface area contributed by atoms with Crippen LogP contribution in [0.1, 0.15) is 38.2 Å². The van der Waals surface area contributed by atoms with E-state index in [2.05, 4.69) is 18.3 Å². The highest BCUT2D eigenvalue weighted by atomic mass is 35.5. The molecule has 0 aromatic heterocycles. The van der Waals surface area contributed by atoms with Crippen molar-refractivity contribution in [1.82, 2.24) is 0 Å². The number of benzene rings is 1. The van der Waals surface area contributed by atoms with Crippen LogP contribution in [0.5, 0.6) is 0 Å². The van der Waals surface area contributed by atoms with Gasteiger partial charge in [-0.3, -0.25) is 0 Å². The van der Waals surface area contributed by atoms with Crippen molar-refractivity contribution < 1.29 is 0 Å². The normalized spacial score (nSPS) is 17.7. The summed E-state index contributed by atoms with van der Waals surface area (Å²) in [5.41, 5.74) is 1.93. The summed E-state index contributed by atoms with van der Waals surface area (Å²) in [4.78, 5) is 0. The van der Waals surface area contributed by atoms with Gasteiger partial charge in [0.1, 0.15) is 0 Å². The maximum Gasteiger partial charge on any atom is 0.0992 e. The second kappa shape index (κ2) is 4.98. The SMILES string of the molecule is CC1(CNc2ccc(C#N)cc2Cl)CCCC1. The second-order valence-electron chi connectivity index (χ2n) is 5.18. The van der Waals surface area contributed by atoms with Crippen LogP contribution >= 0.6 is 11.6 Å². The van der Waals surface area contributed by atoms with Crippen molar-refractivity contribution >= 4 is 17.3 Å². The van der Waals surface area contributed by atoms with Gasteiger partial charge < -0.3 is 5.32 Å². The minimum Gasteiger partial charge on any atom is -0.383 e. The molecule has 0 saturated heterocycles. The van der Waals surface area contributed by atoms with E-state index in [0.29, 0.717) is 16.0 Å². The molecule has 2 rings (SSSR count). The molecule has 0 unspecified atom stereocenters. The third-order valence-electron chi connectivity index (χ3n) is 3.61. The average molecular weight is 249 g/mol. The average Bonchev–Trinajstić information content (AvgIpc) is 2.75. The summed E-state index contributed by atoms with van der Waals surface area (Å²) in [6, 6.07) is 7.48. The molecular weight excluding hydrogens is 232 g/mol. The first-order valence-electron chi connectivity index (χ1n) is 6.06. The van der Waals surface area contributed by atoms with E-state index in [0.717, 1.165) is 12.2 Å². The van der Waals surface area contributed by atoms with Crippen LogP contribution in [-0.2, 0) is 0 Å². The Balaban J connectivity index is 2.02. The summed E-state index contributed by atoms with van der Waals surface area (Å²) < 4.78 is 0. The van der Waals surface area contributed by atoms with Gasteiger partial charge in [-0.05, 0) is 36.5 Å². The third kappa shape index (κ3) is 2.92. The molecule has 0 atom stereocenters. The lowest BCUT2D eigenvalue weighted by molar-refractivity contribution is 0.362. The lowest BCUT2D eigenvalue weighted by Crippen LogP contribution is -2.23. The van der Waals surface area contributed by atoms with Crippen LogP contribution in [0.15, 0.2) is 18.2 Å². The van der Waals surface area contributed by atoms with E-state index in [-0.39, 0.29) is 0 Å². The molecule has 0 aliphatic heterocycles. The Morgan fingerprint density at radius 1 is 1.41 bits per heavy atom. The Kier molecular flexibility index (Phi) is 3.59. The van der Waals surface area contributed by atoms with Crippen molar-refractivity contribution in [2.75, 3.05) is 11.9 Å². The molecule has 1 saturated carbocycles. The molecule has 1 aliphatic carbocycles. The molecule has 0 heterocycles. The van der Waals surface area contributed by atoms with E-state index in [9.17, 15) is 0 Å². The lowest BCUT2D eigenvalue weighted by Gasteiger charge is -2.24. The van der Waals surface area contributed by atoms with E-state index < -0.39 is 0 Å². The number of anilines is 1. The third-order valence-corrected chi connectivity index (χ3v) is 3.93. The number of hydrogen-bond acceptors (Lipinski definition) is 2. The van der Waals surface area contributed by atoms with Crippen molar-refractivity contribution in [2.24, 2.45) is 5.41 Å². The quantitative estimate of drug-likeness (QED) is 0.870. The highest BCUT2D eigenvalue weighted by Crippen LogP contribution is 2.38. The summed E-state index contributed by atoms with van der Waals surface area (Å²) in [7, 11) is 0. The van der Waals surface area contributed by atoms with Crippen LogP contribution in [0.3, 0.4) is 0 Å². The van der Waals surface area contributed by atoms with Crippen molar-refractivity contribution in [3.05, 3.63) is 28.8 Å². The number of hydrogen-bond donors (Lipinski definition) is 1. The van der Waals surface area contributed by atoms with Crippen LogP contribution in [0.4, 0.5) is 5.69 Å². The molecule has 1 aliphatic rings. The largest absolute Gasteiger partial charge is 0.383 e. The molecular formula is C14H17ClN2. The van der Waals surface area contributed by atoms with Gasteiger partial charge in [0, 0.05) is 6.54 Å². The van der Waals surface area contributed by atoms with Gasteiger partial charge in [-0.1, -0.05) is 31.4 Å². The first kappa shape index (κ1) is 12.3. The summed E-state index contributed by atoms with van der Waals surface area (Å²) in [6.07, 6.45) is 5.24. The van der Waals surface area contributed by atoms with Crippen molar-refractivity contribution in [2.45, 2.75) is 32.6 Å². The molecule has 1 fully saturated rings. The van der Waals surface area contributed by atoms with Gasteiger partial charge in [-0.2, -0.15) is 5.26 Å². The topological polar surface area (TPSA) is 35.8 Å². The van der Waals surface area contributed by atoms with E-state index in [1.54, 1.807) is 12.1 Å². The van der Waals surface area contributed by atoms with E-state index in [4.69, 9.17) is 16.9 Å². The molecule has 0 radical (unpaired) electrons. The standard InChI is InChI=1S/C14H17ClN2/c1-14(6-2-3-7-14)10-17-13-5-4-11(9-16)8-12(13)15/h4-5,8,17H,2-3,6-7,10H2,1H3. The minimum absolute atomic E-state index is 0.400. The number of nitriles is 1. The van der Waals surface area contributed by atoms with Gasteiger partial charge in [0.05, 0.1) is 22.3 Å². The van der Waals surface area contributed by atoms with Crippen LogP contribution in [0, 0.1) is 16.7 Å². The van der Waals surface area contributed by atoms with Crippen LogP contribution < -0.4 is 5.32 Å². The lowest BCUT2D eigenvalue weighted by atomic mass is 9.89. The van der Waals surface area contributed by atoms with Crippen LogP contribution in [0.25, 0.3) is 0 Å². The van der Waals surface area contributed by atoms with Crippen LogP contribution in [0.2, 0.25) is 5.02 Å². The molecule has 17 heavy (non-hydrogen) atoms. The first-order chi connectivity index (χ1) is 8.13. The second-order valence-corrected chi connectivity index (χ2v) is 5.58. The number of nitrogens with one attached hydrogen (secondary N) is 1. The van der Waals surface area contributed by atoms with Crippen molar-refractivity contribution in [3.8, 4) is 6.07 Å². The molecule has 3 heteroatoms. The number of rotatable bonds is 3. The van der Waals surface area contributed by atoms with Gasteiger partial charge >= 0.3 is 0 Å². The smallest absolute Gasteiger partial charge is 0.0992 e. The fourth-order valence-corrected chi connectivity index (χ4v) is 2.69. The van der Waals surface area contributed by atoms with Gasteiger partial charge in [0.15, 0.2) is 0 Å². The fraction of sp³-hybridized carbons (Fsp3) is 0.500. The molecule has 0 amide bonds. The predicted octanol–water partition coefficient (Wildman–Crippen LogP) is 4.20. The Labute approximate surface area is 108 Å². The van der Waals surface area contributed by atoms with Crippen molar-refractivity contribution in [3.63, 3.8) is 0 Å². The molecule has 90 valence electrons. The number of halogens is 1. The summed E-state index contributed by atoms with van der Waals surface area (Å²) in [5, 5.41) is 12.8.